The lowest BCUT2D eigenvalue weighted by atomic mass is 10.0. The molecule has 1 aliphatic rings. The second-order valence-electron chi connectivity index (χ2n) is 4.89. The zero-order valence-corrected chi connectivity index (χ0v) is 11.0. The van der Waals surface area contributed by atoms with Gasteiger partial charge in [-0.25, -0.2) is 0 Å². The molecule has 0 aliphatic heterocycles. The molecule has 2 rings (SSSR count). The Hall–Kier alpha value is -0.730. The molecule has 1 aromatic rings. The molecule has 1 saturated carbocycles. The van der Waals surface area contributed by atoms with E-state index < -0.39 is 0 Å². The summed E-state index contributed by atoms with van der Waals surface area (Å²) in [6.45, 7) is 2.04. The number of aliphatic hydroxyl groups excluding tert-OH is 1. The summed E-state index contributed by atoms with van der Waals surface area (Å²) in [7, 11) is 0. The van der Waals surface area contributed by atoms with Crippen LogP contribution < -0.4 is 5.32 Å². The molecule has 1 aliphatic carbocycles. The Bertz CT molecular complexity index is 360. The molecule has 17 heavy (non-hydrogen) atoms. The van der Waals surface area contributed by atoms with E-state index in [2.05, 4.69) is 5.32 Å². The van der Waals surface area contributed by atoms with Crippen LogP contribution in [0.3, 0.4) is 0 Å². The van der Waals surface area contributed by atoms with E-state index in [0.29, 0.717) is 0 Å². The molecule has 0 bridgehead atoms. The molecule has 2 unspecified atom stereocenters. The van der Waals surface area contributed by atoms with E-state index in [1.807, 2.05) is 25.1 Å². The summed E-state index contributed by atoms with van der Waals surface area (Å²) in [5.41, 5.74) is 2.11. The average Bonchev–Trinajstić information content (AvgIpc) is 2.49. The number of nitrogens with one attached hydrogen (secondary N) is 1. The van der Waals surface area contributed by atoms with Crippen molar-refractivity contribution in [2.75, 3.05) is 5.32 Å². The Morgan fingerprint density at radius 3 is 2.76 bits per heavy atom. The van der Waals surface area contributed by atoms with Crippen molar-refractivity contribution in [2.45, 2.75) is 51.2 Å². The van der Waals surface area contributed by atoms with Gasteiger partial charge in [-0.2, -0.15) is 0 Å². The van der Waals surface area contributed by atoms with Gasteiger partial charge in [0.05, 0.1) is 22.9 Å². The first-order chi connectivity index (χ1) is 8.18. The van der Waals surface area contributed by atoms with Crippen LogP contribution in [0.5, 0.6) is 0 Å². The fourth-order valence-electron chi connectivity index (χ4n) is 2.46. The lowest BCUT2D eigenvalue weighted by molar-refractivity contribution is 0.144. The zero-order chi connectivity index (χ0) is 12.3. The molecular weight excluding hydrogens is 234 g/mol. The van der Waals surface area contributed by atoms with Gasteiger partial charge < -0.3 is 10.4 Å². The highest BCUT2D eigenvalue weighted by atomic mass is 35.5. The smallest absolute Gasteiger partial charge is 0.0741 e. The number of hydrogen-bond donors (Lipinski definition) is 2. The van der Waals surface area contributed by atoms with Gasteiger partial charge in [-0.05, 0) is 31.4 Å². The van der Waals surface area contributed by atoms with Gasteiger partial charge in [0.2, 0.25) is 0 Å². The maximum absolute atomic E-state index is 10.1. The van der Waals surface area contributed by atoms with Gasteiger partial charge in [-0.15, -0.1) is 0 Å². The second kappa shape index (κ2) is 5.74. The van der Waals surface area contributed by atoms with Crippen LogP contribution >= 0.6 is 11.6 Å². The van der Waals surface area contributed by atoms with E-state index in [1.54, 1.807) is 0 Å². The van der Waals surface area contributed by atoms with Crippen molar-refractivity contribution in [3.05, 3.63) is 28.8 Å². The fraction of sp³-hybridized carbons (Fsp3) is 0.571. The average molecular weight is 254 g/mol. The zero-order valence-electron chi connectivity index (χ0n) is 10.2. The minimum Gasteiger partial charge on any atom is -0.391 e. The van der Waals surface area contributed by atoms with Crippen LogP contribution in [0.2, 0.25) is 5.02 Å². The van der Waals surface area contributed by atoms with E-state index in [0.717, 1.165) is 35.5 Å². The second-order valence-corrected chi connectivity index (χ2v) is 5.30. The number of benzene rings is 1. The van der Waals surface area contributed by atoms with Crippen LogP contribution in [0.15, 0.2) is 18.2 Å². The third-order valence-corrected chi connectivity index (χ3v) is 3.85. The van der Waals surface area contributed by atoms with E-state index >= 15 is 0 Å². The molecule has 1 aromatic carbocycles. The first-order valence-corrected chi connectivity index (χ1v) is 6.76. The predicted octanol–water partition coefficient (Wildman–Crippen LogP) is 3.75. The number of para-hydroxylation sites is 1. The topological polar surface area (TPSA) is 32.3 Å². The molecule has 94 valence electrons. The summed E-state index contributed by atoms with van der Waals surface area (Å²) in [6, 6.07) is 6.01. The molecule has 2 nitrogen and oxygen atoms in total. The highest BCUT2D eigenvalue weighted by Crippen LogP contribution is 2.29. The predicted molar refractivity (Wildman–Crippen MR) is 72.7 cm³/mol. The monoisotopic (exact) mass is 253 g/mol. The van der Waals surface area contributed by atoms with Crippen molar-refractivity contribution < 1.29 is 5.11 Å². The maximum atomic E-state index is 10.1. The third-order valence-electron chi connectivity index (χ3n) is 3.53. The highest BCUT2D eigenvalue weighted by molar-refractivity contribution is 6.33. The van der Waals surface area contributed by atoms with Crippen LogP contribution in [0.25, 0.3) is 0 Å². The van der Waals surface area contributed by atoms with E-state index in [-0.39, 0.29) is 12.1 Å². The van der Waals surface area contributed by atoms with Crippen molar-refractivity contribution in [1.82, 2.24) is 0 Å². The number of aryl methyl sites for hydroxylation is 1. The lowest BCUT2D eigenvalue weighted by Gasteiger charge is -2.24. The highest BCUT2D eigenvalue weighted by Gasteiger charge is 2.22. The van der Waals surface area contributed by atoms with Gasteiger partial charge in [-0.3, -0.25) is 0 Å². The van der Waals surface area contributed by atoms with Gasteiger partial charge in [0, 0.05) is 0 Å². The van der Waals surface area contributed by atoms with Gasteiger partial charge in [0.25, 0.3) is 0 Å². The minimum absolute atomic E-state index is 0.135. The summed E-state index contributed by atoms with van der Waals surface area (Å²) in [5.74, 6) is 0. The van der Waals surface area contributed by atoms with Crippen LogP contribution in [-0.2, 0) is 0 Å². The number of halogens is 1. The summed E-state index contributed by atoms with van der Waals surface area (Å²) in [6.07, 6.45) is 5.18. The Morgan fingerprint density at radius 2 is 2.00 bits per heavy atom. The normalized spacial score (nSPS) is 25.4. The molecule has 2 atom stereocenters. The first-order valence-electron chi connectivity index (χ1n) is 6.38. The lowest BCUT2D eigenvalue weighted by Crippen LogP contribution is -2.32. The van der Waals surface area contributed by atoms with Gasteiger partial charge in [0.1, 0.15) is 0 Å². The summed E-state index contributed by atoms with van der Waals surface area (Å²) < 4.78 is 0. The number of anilines is 1. The number of aliphatic hydroxyl groups is 1. The Kier molecular flexibility index (Phi) is 4.30. The van der Waals surface area contributed by atoms with Crippen LogP contribution in [0.4, 0.5) is 5.69 Å². The molecule has 3 heteroatoms. The molecule has 1 fully saturated rings. The first kappa shape index (κ1) is 12.7. The third kappa shape index (κ3) is 3.14. The molecule has 0 heterocycles. The van der Waals surface area contributed by atoms with Crippen molar-refractivity contribution >= 4 is 17.3 Å². The van der Waals surface area contributed by atoms with Crippen LogP contribution in [0, 0.1) is 6.92 Å². The van der Waals surface area contributed by atoms with Gasteiger partial charge in [0.15, 0.2) is 0 Å². The quantitative estimate of drug-likeness (QED) is 0.787. The van der Waals surface area contributed by atoms with Gasteiger partial charge in [-0.1, -0.05) is 43.0 Å². The molecule has 0 saturated heterocycles. The van der Waals surface area contributed by atoms with Crippen molar-refractivity contribution in [3.8, 4) is 0 Å². The number of hydrogen-bond acceptors (Lipinski definition) is 2. The van der Waals surface area contributed by atoms with E-state index in [9.17, 15) is 5.11 Å². The summed E-state index contributed by atoms with van der Waals surface area (Å²) in [5, 5.41) is 14.2. The van der Waals surface area contributed by atoms with Crippen LogP contribution in [-0.4, -0.2) is 17.3 Å². The molecular formula is C14H20ClNO. The SMILES string of the molecule is Cc1cccc(Cl)c1NC1CCCCCC1O. The van der Waals surface area contributed by atoms with Crippen molar-refractivity contribution in [2.24, 2.45) is 0 Å². The molecule has 0 spiro atoms. The van der Waals surface area contributed by atoms with E-state index in [4.69, 9.17) is 11.6 Å². The van der Waals surface area contributed by atoms with Gasteiger partial charge >= 0.3 is 0 Å². The number of rotatable bonds is 2. The minimum atomic E-state index is -0.256. The standard InChI is InChI=1S/C14H20ClNO/c1-10-6-5-7-11(15)14(10)16-12-8-3-2-4-9-13(12)17/h5-7,12-13,16-17H,2-4,8-9H2,1H3. The van der Waals surface area contributed by atoms with Crippen molar-refractivity contribution in [1.29, 1.82) is 0 Å². The van der Waals surface area contributed by atoms with Crippen LogP contribution in [0.1, 0.15) is 37.7 Å². The Balaban J connectivity index is 2.13. The molecule has 0 radical (unpaired) electrons. The fourth-order valence-corrected chi connectivity index (χ4v) is 2.73. The summed E-state index contributed by atoms with van der Waals surface area (Å²) >= 11 is 6.19. The molecule has 0 aromatic heterocycles. The Labute approximate surface area is 108 Å². The largest absolute Gasteiger partial charge is 0.391 e. The Morgan fingerprint density at radius 1 is 1.24 bits per heavy atom. The molecule has 0 amide bonds. The summed E-state index contributed by atoms with van der Waals surface area (Å²) in [4.78, 5) is 0. The van der Waals surface area contributed by atoms with Crippen molar-refractivity contribution in [3.63, 3.8) is 0 Å². The maximum Gasteiger partial charge on any atom is 0.0741 e. The van der Waals surface area contributed by atoms with E-state index in [1.165, 1.54) is 12.8 Å². The molecule has 2 N–H and O–H groups in total.